The van der Waals surface area contributed by atoms with Crippen LogP contribution < -0.4 is 10.1 Å². The van der Waals surface area contributed by atoms with Gasteiger partial charge in [-0.3, -0.25) is 4.40 Å². The van der Waals surface area contributed by atoms with Gasteiger partial charge in [-0.2, -0.15) is 0 Å². The van der Waals surface area contributed by atoms with Gasteiger partial charge in [-0.1, -0.05) is 12.1 Å². The first-order valence-corrected chi connectivity index (χ1v) is 6.91. The van der Waals surface area contributed by atoms with Crippen LogP contribution in [-0.2, 0) is 0 Å². The zero-order valence-corrected chi connectivity index (χ0v) is 11.9. The topological polar surface area (TPSA) is 64.3 Å². The second kappa shape index (κ2) is 4.44. The van der Waals surface area contributed by atoms with Crippen molar-refractivity contribution in [1.82, 2.24) is 19.6 Å². The van der Waals surface area contributed by atoms with Crippen LogP contribution in [0.2, 0.25) is 0 Å². The molecule has 0 saturated carbocycles. The molecule has 0 saturated heterocycles. The molecule has 1 N–H and O–H groups in total. The van der Waals surface area contributed by atoms with Crippen molar-refractivity contribution in [2.24, 2.45) is 0 Å². The molecule has 0 fully saturated rings. The molecule has 106 valence electrons. The number of rotatable bonds is 1. The minimum absolute atomic E-state index is 0.182. The lowest BCUT2D eigenvalue weighted by atomic mass is 10.2. The van der Waals surface area contributed by atoms with Crippen molar-refractivity contribution in [3.05, 3.63) is 47.5 Å². The van der Waals surface area contributed by atoms with E-state index < -0.39 is 0 Å². The number of fused-ring (bicyclic) bond motifs is 2. The number of aryl methyl sites for hydroxylation is 2. The third-order valence-electron chi connectivity index (χ3n) is 3.64. The first-order chi connectivity index (χ1) is 10.2. The molecule has 6 nitrogen and oxygen atoms in total. The van der Waals surface area contributed by atoms with Crippen LogP contribution >= 0.6 is 0 Å². The molecule has 0 bridgehead atoms. The molecule has 0 aliphatic carbocycles. The quantitative estimate of drug-likeness (QED) is 0.741. The number of hydrogen-bond acceptors (Lipinski definition) is 5. The van der Waals surface area contributed by atoms with E-state index in [1.165, 1.54) is 0 Å². The van der Waals surface area contributed by atoms with E-state index in [0.29, 0.717) is 12.3 Å². The average Bonchev–Trinajstić information content (AvgIpc) is 2.90. The number of aromatic nitrogens is 4. The van der Waals surface area contributed by atoms with Gasteiger partial charge in [-0.15, -0.1) is 10.2 Å². The Morgan fingerprint density at radius 1 is 1.24 bits per heavy atom. The van der Waals surface area contributed by atoms with Crippen molar-refractivity contribution in [2.45, 2.75) is 20.0 Å². The van der Waals surface area contributed by atoms with Crippen molar-refractivity contribution >= 4 is 11.5 Å². The summed E-state index contributed by atoms with van der Waals surface area (Å²) in [6, 6.07) is 9.92. The highest BCUT2D eigenvalue weighted by molar-refractivity contribution is 5.58. The summed E-state index contributed by atoms with van der Waals surface area (Å²) in [6.45, 7) is 4.64. The molecule has 6 heteroatoms. The van der Waals surface area contributed by atoms with E-state index in [2.05, 4.69) is 20.5 Å². The van der Waals surface area contributed by atoms with Crippen LogP contribution in [0.15, 0.2) is 30.3 Å². The van der Waals surface area contributed by atoms with E-state index >= 15 is 0 Å². The summed E-state index contributed by atoms with van der Waals surface area (Å²) in [5, 5.41) is 11.8. The first kappa shape index (κ1) is 12.1. The fraction of sp³-hybridized carbons (Fsp3) is 0.267. The summed E-state index contributed by atoms with van der Waals surface area (Å²) in [5.74, 6) is 2.23. The number of benzene rings is 1. The van der Waals surface area contributed by atoms with Crippen molar-refractivity contribution < 1.29 is 4.74 Å². The van der Waals surface area contributed by atoms with Crippen molar-refractivity contribution in [3.8, 4) is 5.75 Å². The van der Waals surface area contributed by atoms with Crippen molar-refractivity contribution in [1.29, 1.82) is 0 Å². The predicted octanol–water partition coefficient (Wildman–Crippen LogP) is 2.29. The zero-order chi connectivity index (χ0) is 14.4. The van der Waals surface area contributed by atoms with Gasteiger partial charge < -0.3 is 10.1 Å². The van der Waals surface area contributed by atoms with Crippen LogP contribution in [0.5, 0.6) is 5.75 Å². The molecule has 0 spiro atoms. The number of hydrogen-bond donors (Lipinski definition) is 1. The maximum absolute atomic E-state index is 6.06. The molecule has 0 radical (unpaired) electrons. The van der Waals surface area contributed by atoms with Gasteiger partial charge in [-0.25, -0.2) is 4.98 Å². The molecule has 1 aliphatic heterocycles. The van der Waals surface area contributed by atoms with Crippen LogP contribution in [0.3, 0.4) is 0 Å². The minimum atomic E-state index is -0.182. The van der Waals surface area contributed by atoms with E-state index in [9.17, 15) is 0 Å². The summed E-state index contributed by atoms with van der Waals surface area (Å²) in [4.78, 5) is 4.41. The van der Waals surface area contributed by atoms with E-state index in [1.807, 2.05) is 48.6 Å². The highest BCUT2D eigenvalue weighted by atomic mass is 16.5. The number of anilines is 1. The molecule has 3 aromatic rings. The molecule has 2 aromatic heterocycles. The molecule has 4 rings (SSSR count). The summed E-state index contributed by atoms with van der Waals surface area (Å²) in [7, 11) is 0. The summed E-state index contributed by atoms with van der Waals surface area (Å²) in [6.07, 6.45) is -0.182. The Morgan fingerprint density at radius 3 is 3.00 bits per heavy atom. The van der Waals surface area contributed by atoms with Crippen molar-refractivity contribution in [3.63, 3.8) is 0 Å². The number of nitrogens with zero attached hydrogens (tertiary/aromatic N) is 4. The van der Waals surface area contributed by atoms with Gasteiger partial charge in [0, 0.05) is 11.4 Å². The van der Waals surface area contributed by atoms with Gasteiger partial charge in [0.1, 0.15) is 5.75 Å². The Kier molecular flexibility index (Phi) is 2.57. The second-order valence-electron chi connectivity index (χ2n) is 5.22. The van der Waals surface area contributed by atoms with Crippen LogP contribution in [0.25, 0.3) is 5.78 Å². The fourth-order valence-corrected chi connectivity index (χ4v) is 2.72. The second-order valence-corrected chi connectivity index (χ2v) is 5.22. The summed E-state index contributed by atoms with van der Waals surface area (Å²) >= 11 is 0. The van der Waals surface area contributed by atoms with Gasteiger partial charge in [0.25, 0.3) is 5.78 Å². The van der Waals surface area contributed by atoms with E-state index in [4.69, 9.17) is 4.74 Å². The number of nitrogens with one attached hydrogen (secondary N) is 1. The average molecular weight is 281 g/mol. The summed E-state index contributed by atoms with van der Waals surface area (Å²) in [5.41, 5.74) is 3.00. The maximum Gasteiger partial charge on any atom is 0.255 e. The van der Waals surface area contributed by atoms with Crippen LogP contribution in [0.4, 0.5) is 5.69 Å². The molecular weight excluding hydrogens is 266 g/mol. The molecule has 1 aliphatic rings. The third-order valence-corrected chi connectivity index (χ3v) is 3.64. The minimum Gasteiger partial charge on any atom is -0.478 e. The number of ether oxygens (including phenoxy) is 1. The van der Waals surface area contributed by atoms with Gasteiger partial charge in [-0.05, 0) is 32.0 Å². The van der Waals surface area contributed by atoms with Gasteiger partial charge in [0.05, 0.1) is 12.2 Å². The Labute approximate surface area is 121 Å². The smallest absolute Gasteiger partial charge is 0.255 e. The molecule has 1 unspecified atom stereocenters. The maximum atomic E-state index is 6.06. The normalized spacial score (nSPS) is 17.1. The first-order valence-electron chi connectivity index (χ1n) is 6.91. The van der Waals surface area contributed by atoms with E-state index in [0.717, 1.165) is 28.6 Å². The molecule has 1 atom stereocenters. The third kappa shape index (κ3) is 1.91. The molecular formula is C15H15N5O. The lowest BCUT2D eigenvalue weighted by molar-refractivity contribution is 0.199. The molecule has 1 aromatic carbocycles. The lowest BCUT2D eigenvalue weighted by Crippen LogP contribution is -2.25. The van der Waals surface area contributed by atoms with Crippen LogP contribution in [0.1, 0.15) is 23.3 Å². The predicted molar refractivity (Wildman–Crippen MR) is 78.6 cm³/mol. The Bertz CT molecular complexity index is 826. The number of para-hydroxylation sites is 2. The van der Waals surface area contributed by atoms with Crippen LogP contribution in [0, 0.1) is 13.8 Å². The van der Waals surface area contributed by atoms with E-state index in [1.54, 1.807) is 0 Å². The van der Waals surface area contributed by atoms with Gasteiger partial charge >= 0.3 is 0 Å². The van der Waals surface area contributed by atoms with Gasteiger partial charge in [0.2, 0.25) is 0 Å². The lowest BCUT2D eigenvalue weighted by Gasteiger charge is -2.26. The molecule has 0 amide bonds. The zero-order valence-electron chi connectivity index (χ0n) is 11.9. The fourth-order valence-electron chi connectivity index (χ4n) is 2.72. The largest absolute Gasteiger partial charge is 0.478 e. The standard InChI is InChI=1S/C15H15N5O/c1-9-7-10(2)20-14(18-19-15(20)17-9)13-8-16-11-5-3-4-6-12(11)21-13/h3-7,13,16H,8H2,1-2H3. The van der Waals surface area contributed by atoms with Crippen molar-refractivity contribution in [2.75, 3.05) is 11.9 Å². The Morgan fingerprint density at radius 2 is 2.10 bits per heavy atom. The molecule has 3 heterocycles. The van der Waals surface area contributed by atoms with Crippen LogP contribution in [-0.4, -0.2) is 26.1 Å². The highest BCUT2D eigenvalue weighted by Gasteiger charge is 2.26. The Hall–Kier alpha value is -2.63. The Balaban J connectivity index is 1.78. The van der Waals surface area contributed by atoms with Gasteiger partial charge in [0.15, 0.2) is 11.9 Å². The monoisotopic (exact) mass is 281 g/mol. The SMILES string of the molecule is Cc1cc(C)n2c(C3CNc4ccccc4O3)nnc2n1. The highest BCUT2D eigenvalue weighted by Crippen LogP contribution is 2.33. The summed E-state index contributed by atoms with van der Waals surface area (Å²) < 4.78 is 8.01. The molecule has 21 heavy (non-hydrogen) atoms. The van der Waals surface area contributed by atoms with E-state index in [-0.39, 0.29) is 6.10 Å².